The molecule has 1 aliphatic heterocycles. The van der Waals surface area contributed by atoms with E-state index in [0.717, 1.165) is 25.2 Å². The number of nitrogens with one attached hydrogen (secondary N) is 2. The van der Waals surface area contributed by atoms with Gasteiger partial charge in [0.2, 0.25) is 0 Å². The first-order valence-corrected chi connectivity index (χ1v) is 9.22. The molecule has 2 aromatic carbocycles. The molecule has 3 rings (SSSR count). The number of amides is 2. The first kappa shape index (κ1) is 22.7. The van der Waals surface area contributed by atoms with Crippen molar-refractivity contribution in [3.63, 3.8) is 0 Å². The molecule has 0 unspecified atom stereocenters. The molecular weight excluding hydrogens is 428 g/mol. The van der Waals surface area contributed by atoms with E-state index in [0.29, 0.717) is 5.69 Å². The standard InChI is InChI=1S/C21H19F2N3O6/c1-30-19(27)15-10-32-11-26(18(15)20(28)31-2)17-8-7-14(9-16(17)23)25-21(29)24-13-5-3-12(22)4-6-13/h3-9H,10-11H2,1-2H3,(H2,24,25,29). The van der Waals surface area contributed by atoms with Gasteiger partial charge in [0.25, 0.3) is 0 Å². The van der Waals surface area contributed by atoms with Crippen LogP contribution in [-0.2, 0) is 23.8 Å². The van der Waals surface area contributed by atoms with Crippen LogP contribution in [0.4, 0.5) is 30.6 Å². The molecule has 0 radical (unpaired) electrons. The summed E-state index contributed by atoms with van der Waals surface area (Å²) < 4.78 is 42.6. The molecule has 0 aromatic heterocycles. The number of benzene rings is 2. The number of carbonyl (C=O) groups is 3. The van der Waals surface area contributed by atoms with Crippen molar-refractivity contribution in [1.29, 1.82) is 0 Å². The highest BCUT2D eigenvalue weighted by Gasteiger charge is 2.33. The Hall–Kier alpha value is -3.99. The summed E-state index contributed by atoms with van der Waals surface area (Å²) in [5.74, 6) is -2.94. The maximum absolute atomic E-state index is 14.9. The zero-order valence-corrected chi connectivity index (χ0v) is 17.1. The number of hydrogen-bond acceptors (Lipinski definition) is 7. The minimum Gasteiger partial charge on any atom is -0.466 e. The van der Waals surface area contributed by atoms with Crippen molar-refractivity contribution in [2.45, 2.75) is 0 Å². The summed E-state index contributed by atoms with van der Waals surface area (Å²) in [7, 11) is 2.27. The normalized spacial score (nSPS) is 13.4. The molecule has 0 saturated carbocycles. The summed E-state index contributed by atoms with van der Waals surface area (Å²) in [6, 6.07) is 8.15. The van der Waals surface area contributed by atoms with Gasteiger partial charge in [-0.1, -0.05) is 0 Å². The van der Waals surface area contributed by atoms with Crippen LogP contribution in [0.2, 0.25) is 0 Å². The third-order valence-electron chi connectivity index (χ3n) is 4.43. The molecule has 1 aliphatic rings. The second kappa shape index (κ2) is 9.88. The van der Waals surface area contributed by atoms with Gasteiger partial charge < -0.3 is 29.7 Å². The van der Waals surface area contributed by atoms with Crippen LogP contribution >= 0.6 is 0 Å². The van der Waals surface area contributed by atoms with Crippen LogP contribution < -0.4 is 15.5 Å². The lowest BCUT2D eigenvalue weighted by Crippen LogP contribution is -2.39. The topological polar surface area (TPSA) is 106 Å². The maximum atomic E-state index is 14.9. The molecule has 2 N–H and O–H groups in total. The summed E-state index contributed by atoms with van der Waals surface area (Å²) in [4.78, 5) is 37.6. The maximum Gasteiger partial charge on any atom is 0.355 e. The highest BCUT2D eigenvalue weighted by molar-refractivity contribution is 6.03. The average Bonchev–Trinajstić information content (AvgIpc) is 2.79. The second-order valence-corrected chi connectivity index (χ2v) is 6.47. The summed E-state index contributed by atoms with van der Waals surface area (Å²) >= 11 is 0. The van der Waals surface area contributed by atoms with Crippen LogP contribution in [0.15, 0.2) is 53.7 Å². The van der Waals surface area contributed by atoms with E-state index in [1.165, 1.54) is 36.4 Å². The molecule has 0 bridgehead atoms. The van der Waals surface area contributed by atoms with E-state index in [-0.39, 0.29) is 36.0 Å². The molecule has 11 heteroatoms. The van der Waals surface area contributed by atoms with Gasteiger partial charge in [0.1, 0.15) is 24.1 Å². The Morgan fingerprint density at radius 1 is 0.938 bits per heavy atom. The van der Waals surface area contributed by atoms with Crippen molar-refractivity contribution in [3.05, 3.63) is 65.4 Å². The van der Waals surface area contributed by atoms with Crippen LogP contribution in [-0.4, -0.2) is 45.5 Å². The number of anilines is 3. The quantitative estimate of drug-likeness (QED) is 0.679. The third kappa shape index (κ3) is 5.01. The Morgan fingerprint density at radius 3 is 2.19 bits per heavy atom. The van der Waals surface area contributed by atoms with Crippen LogP contribution in [0.25, 0.3) is 0 Å². The van der Waals surface area contributed by atoms with Gasteiger partial charge >= 0.3 is 18.0 Å². The third-order valence-corrected chi connectivity index (χ3v) is 4.43. The average molecular weight is 447 g/mol. The van der Waals surface area contributed by atoms with Crippen molar-refractivity contribution in [1.82, 2.24) is 0 Å². The molecule has 0 saturated heterocycles. The highest BCUT2D eigenvalue weighted by atomic mass is 19.1. The van der Waals surface area contributed by atoms with Gasteiger partial charge in [-0.25, -0.2) is 23.2 Å². The van der Waals surface area contributed by atoms with Crippen molar-refractivity contribution in [2.75, 3.05) is 43.1 Å². The fourth-order valence-electron chi connectivity index (χ4n) is 2.96. The smallest absolute Gasteiger partial charge is 0.355 e. The highest BCUT2D eigenvalue weighted by Crippen LogP contribution is 2.30. The Kier molecular flexibility index (Phi) is 7.00. The Balaban J connectivity index is 1.83. The van der Waals surface area contributed by atoms with Crippen molar-refractivity contribution >= 4 is 35.0 Å². The minimum absolute atomic E-state index is 0.0870. The van der Waals surface area contributed by atoms with Crippen molar-refractivity contribution in [3.8, 4) is 0 Å². The molecule has 0 atom stereocenters. The fourth-order valence-corrected chi connectivity index (χ4v) is 2.96. The molecule has 0 aliphatic carbocycles. The monoisotopic (exact) mass is 447 g/mol. The summed E-state index contributed by atoms with van der Waals surface area (Å²) in [5.41, 5.74) is 0.0383. The number of urea groups is 1. The van der Waals surface area contributed by atoms with Gasteiger partial charge in [0, 0.05) is 11.4 Å². The van der Waals surface area contributed by atoms with Crippen LogP contribution in [0, 0.1) is 11.6 Å². The zero-order valence-electron chi connectivity index (χ0n) is 17.1. The van der Waals surface area contributed by atoms with Gasteiger partial charge in [-0.2, -0.15) is 0 Å². The lowest BCUT2D eigenvalue weighted by atomic mass is 10.1. The van der Waals surface area contributed by atoms with E-state index in [2.05, 4.69) is 15.4 Å². The Morgan fingerprint density at radius 2 is 1.56 bits per heavy atom. The van der Waals surface area contributed by atoms with Gasteiger partial charge in [-0.3, -0.25) is 0 Å². The number of ether oxygens (including phenoxy) is 3. The van der Waals surface area contributed by atoms with E-state index in [1.807, 2.05) is 0 Å². The number of esters is 2. The van der Waals surface area contributed by atoms with E-state index < -0.39 is 29.6 Å². The number of nitrogens with zero attached hydrogens (tertiary/aromatic N) is 1. The fraction of sp³-hybridized carbons (Fsp3) is 0.190. The number of halogens is 2. The first-order valence-electron chi connectivity index (χ1n) is 9.22. The molecule has 1 heterocycles. The second-order valence-electron chi connectivity index (χ2n) is 6.47. The van der Waals surface area contributed by atoms with E-state index in [9.17, 15) is 23.2 Å². The Labute approximate surface area is 181 Å². The number of methoxy groups -OCH3 is 2. The summed E-state index contributed by atoms with van der Waals surface area (Å²) in [5, 5.41) is 4.93. The molecular formula is C21H19F2N3O6. The first-order chi connectivity index (χ1) is 15.3. The van der Waals surface area contributed by atoms with Crippen molar-refractivity contribution < 1.29 is 37.4 Å². The van der Waals surface area contributed by atoms with Gasteiger partial charge in [-0.15, -0.1) is 0 Å². The molecule has 2 aromatic rings. The van der Waals surface area contributed by atoms with Gasteiger partial charge in [-0.05, 0) is 42.5 Å². The molecule has 0 spiro atoms. The van der Waals surface area contributed by atoms with Crippen LogP contribution in [0.1, 0.15) is 0 Å². The lowest BCUT2D eigenvalue weighted by molar-refractivity contribution is -0.140. The number of rotatable bonds is 5. The van der Waals surface area contributed by atoms with Crippen molar-refractivity contribution in [2.24, 2.45) is 0 Å². The predicted octanol–water partition coefficient (Wildman–Crippen LogP) is 3.00. The summed E-state index contributed by atoms with van der Waals surface area (Å²) in [6.45, 7) is -0.432. The largest absolute Gasteiger partial charge is 0.466 e. The molecule has 9 nitrogen and oxygen atoms in total. The number of carbonyl (C=O) groups excluding carboxylic acids is 3. The lowest BCUT2D eigenvalue weighted by Gasteiger charge is -2.31. The SMILES string of the molecule is COC(=O)C1=C(C(=O)OC)N(c2ccc(NC(=O)Nc3ccc(F)cc3)cc2F)COC1. The van der Waals surface area contributed by atoms with E-state index in [4.69, 9.17) is 9.47 Å². The molecule has 0 fully saturated rings. The Bertz CT molecular complexity index is 1070. The minimum atomic E-state index is -0.867. The van der Waals surface area contributed by atoms with Gasteiger partial charge in [0.05, 0.1) is 32.1 Å². The zero-order chi connectivity index (χ0) is 23.3. The van der Waals surface area contributed by atoms with Gasteiger partial charge in [0.15, 0.2) is 0 Å². The summed E-state index contributed by atoms with van der Waals surface area (Å²) in [6.07, 6.45) is 0. The van der Waals surface area contributed by atoms with Crippen LogP contribution in [0.5, 0.6) is 0 Å². The van der Waals surface area contributed by atoms with Crippen LogP contribution in [0.3, 0.4) is 0 Å². The molecule has 2 amide bonds. The van der Waals surface area contributed by atoms with E-state index in [1.54, 1.807) is 0 Å². The molecule has 168 valence electrons. The number of hydrogen-bond donors (Lipinski definition) is 2. The molecule has 32 heavy (non-hydrogen) atoms. The predicted molar refractivity (Wildman–Crippen MR) is 110 cm³/mol. The van der Waals surface area contributed by atoms with E-state index >= 15 is 0 Å².